The van der Waals surface area contributed by atoms with Gasteiger partial charge >= 0.3 is 0 Å². The van der Waals surface area contributed by atoms with Crippen LogP contribution >= 0.6 is 0 Å². The molecule has 2 aliphatic rings. The fourth-order valence-corrected chi connectivity index (χ4v) is 5.05. The number of hydrogen-bond donors (Lipinski definition) is 1. The zero-order chi connectivity index (χ0) is 20.9. The highest BCUT2D eigenvalue weighted by Gasteiger charge is 2.41. The Balaban J connectivity index is 1.55. The van der Waals surface area contributed by atoms with E-state index in [4.69, 9.17) is 19.9 Å². The van der Waals surface area contributed by atoms with Crippen molar-refractivity contribution in [3.05, 3.63) is 71.8 Å². The molecule has 2 heterocycles. The summed E-state index contributed by atoms with van der Waals surface area (Å²) in [5, 5.41) is 0. The van der Waals surface area contributed by atoms with E-state index in [1.54, 1.807) is 0 Å². The smallest absolute Gasteiger partial charge is 0.159 e. The first-order valence-corrected chi connectivity index (χ1v) is 11.3. The van der Waals surface area contributed by atoms with E-state index < -0.39 is 0 Å². The predicted molar refractivity (Wildman–Crippen MR) is 119 cm³/mol. The molecule has 2 fully saturated rings. The molecule has 4 rings (SSSR count). The lowest BCUT2D eigenvalue weighted by molar-refractivity contribution is -0.251. The number of benzene rings is 2. The van der Waals surface area contributed by atoms with Gasteiger partial charge in [-0.2, -0.15) is 0 Å². The Morgan fingerprint density at radius 3 is 2.07 bits per heavy atom. The molecule has 162 valence electrons. The van der Waals surface area contributed by atoms with Crippen LogP contribution in [0.25, 0.3) is 0 Å². The van der Waals surface area contributed by atoms with Crippen LogP contribution in [0.4, 0.5) is 0 Å². The summed E-state index contributed by atoms with van der Waals surface area (Å²) in [5.41, 5.74) is 8.93. The van der Waals surface area contributed by atoms with Crippen molar-refractivity contribution in [3.8, 4) is 0 Å². The molecule has 4 nitrogen and oxygen atoms in total. The maximum Gasteiger partial charge on any atom is 0.159 e. The molecule has 2 N–H and O–H groups in total. The van der Waals surface area contributed by atoms with E-state index in [1.165, 1.54) is 11.1 Å². The highest BCUT2D eigenvalue weighted by Crippen LogP contribution is 2.36. The first-order chi connectivity index (χ1) is 14.6. The maximum atomic E-state index is 6.55. The average molecular weight is 410 g/mol. The highest BCUT2D eigenvalue weighted by atomic mass is 16.7. The van der Waals surface area contributed by atoms with E-state index in [0.29, 0.717) is 18.4 Å². The third kappa shape index (κ3) is 5.50. The minimum atomic E-state index is -0.249. The highest BCUT2D eigenvalue weighted by molar-refractivity contribution is 5.19. The van der Waals surface area contributed by atoms with Crippen molar-refractivity contribution in [1.29, 1.82) is 0 Å². The minimum absolute atomic E-state index is 0.00221. The van der Waals surface area contributed by atoms with Crippen LogP contribution in [-0.4, -0.2) is 37.3 Å². The lowest BCUT2D eigenvalue weighted by Gasteiger charge is -2.44. The Labute approximate surface area is 180 Å². The molecule has 0 spiro atoms. The molecular formula is C26H35NO3. The van der Waals surface area contributed by atoms with Crippen LogP contribution in [0.1, 0.15) is 37.8 Å². The van der Waals surface area contributed by atoms with E-state index in [2.05, 4.69) is 74.5 Å². The zero-order valence-corrected chi connectivity index (χ0v) is 18.2. The maximum absolute atomic E-state index is 6.55. The second-order valence-electron chi connectivity index (χ2n) is 9.03. The van der Waals surface area contributed by atoms with Crippen LogP contribution in [0.15, 0.2) is 60.7 Å². The molecule has 0 radical (unpaired) electrons. The van der Waals surface area contributed by atoms with Crippen molar-refractivity contribution in [3.63, 3.8) is 0 Å². The molecule has 0 saturated carbocycles. The molecule has 4 heteroatoms. The Hall–Kier alpha value is -1.72. The second kappa shape index (κ2) is 10.1. The fourth-order valence-electron chi connectivity index (χ4n) is 5.05. The number of hydrogen-bond acceptors (Lipinski definition) is 4. The number of ether oxygens (including phenoxy) is 3. The van der Waals surface area contributed by atoms with Gasteiger partial charge in [-0.1, -0.05) is 60.7 Å². The van der Waals surface area contributed by atoms with E-state index in [1.807, 2.05) is 0 Å². The molecule has 2 aliphatic heterocycles. The van der Waals surface area contributed by atoms with Gasteiger partial charge in [0.15, 0.2) is 6.29 Å². The van der Waals surface area contributed by atoms with Crippen molar-refractivity contribution in [1.82, 2.24) is 0 Å². The van der Waals surface area contributed by atoms with Gasteiger partial charge < -0.3 is 19.9 Å². The van der Waals surface area contributed by atoms with Crippen molar-refractivity contribution in [2.24, 2.45) is 17.6 Å². The van der Waals surface area contributed by atoms with Crippen molar-refractivity contribution < 1.29 is 14.2 Å². The van der Waals surface area contributed by atoms with Gasteiger partial charge in [0.2, 0.25) is 0 Å². The summed E-state index contributed by atoms with van der Waals surface area (Å²) in [6.07, 6.45) is 3.67. The van der Waals surface area contributed by atoms with Gasteiger partial charge in [0.05, 0.1) is 24.9 Å². The van der Waals surface area contributed by atoms with Gasteiger partial charge in [0.25, 0.3) is 0 Å². The molecule has 2 aromatic carbocycles. The number of rotatable bonds is 6. The van der Waals surface area contributed by atoms with Crippen molar-refractivity contribution in [2.75, 3.05) is 6.61 Å². The van der Waals surface area contributed by atoms with E-state index >= 15 is 0 Å². The second-order valence-corrected chi connectivity index (χ2v) is 9.03. The molecule has 0 amide bonds. The predicted octanol–water partition coefficient (Wildman–Crippen LogP) is 4.36. The average Bonchev–Trinajstić information content (AvgIpc) is 2.73. The summed E-state index contributed by atoms with van der Waals surface area (Å²) in [5.74, 6) is 0.731. The third-order valence-electron chi connectivity index (χ3n) is 6.62. The van der Waals surface area contributed by atoms with Crippen LogP contribution in [0.3, 0.4) is 0 Å². The lowest BCUT2D eigenvalue weighted by Crippen LogP contribution is -2.50. The molecule has 30 heavy (non-hydrogen) atoms. The molecule has 2 aromatic rings. The Bertz CT molecular complexity index is 758. The summed E-state index contributed by atoms with van der Waals surface area (Å²) < 4.78 is 18.9. The zero-order valence-electron chi connectivity index (χ0n) is 18.2. The van der Waals surface area contributed by atoms with Crippen LogP contribution in [-0.2, 0) is 27.1 Å². The summed E-state index contributed by atoms with van der Waals surface area (Å²) >= 11 is 0. The number of nitrogens with two attached hydrogens (primary N) is 1. The van der Waals surface area contributed by atoms with Crippen molar-refractivity contribution >= 4 is 0 Å². The van der Waals surface area contributed by atoms with E-state index in [0.717, 1.165) is 25.7 Å². The van der Waals surface area contributed by atoms with Gasteiger partial charge in [0.1, 0.15) is 0 Å². The summed E-state index contributed by atoms with van der Waals surface area (Å²) in [6.45, 7) is 4.89. The molecule has 0 bridgehead atoms. The summed E-state index contributed by atoms with van der Waals surface area (Å²) in [6, 6.07) is 21.6. The fraction of sp³-hybridized carbons (Fsp3) is 0.538. The van der Waals surface area contributed by atoms with E-state index in [9.17, 15) is 0 Å². The van der Waals surface area contributed by atoms with Gasteiger partial charge in [-0.05, 0) is 56.1 Å². The van der Waals surface area contributed by atoms with Crippen LogP contribution in [0, 0.1) is 11.8 Å². The first kappa shape index (κ1) is 21.5. The quantitative estimate of drug-likeness (QED) is 0.770. The molecule has 0 aliphatic carbocycles. The molecule has 7 atom stereocenters. The topological polar surface area (TPSA) is 53.7 Å². The normalized spacial score (nSPS) is 34.6. The lowest BCUT2D eigenvalue weighted by atomic mass is 9.75. The van der Waals surface area contributed by atoms with E-state index in [-0.39, 0.29) is 30.6 Å². The van der Waals surface area contributed by atoms with Gasteiger partial charge in [0, 0.05) is 12.5 Å². The first-order valence-electron chi connectivity index (χ1n) is 11.3. The monoisotopic (exact) mass is 409 g/mol. The third-order valence-corrected chi connectivity index (χ3v) is 6.62. The molecule has 0 aromatic heterocycles. The molecular weight excluding hydrogens is 374 g/mol. The molecule has 2 saturated heterocycles. The minimum Gasteiger partial charge on any atom is -0.375 e. The Kier molecular flexibility index (Phi) is 7.21. The Morgan fingerprint density at radius 1 is 0.867 bits per heavy atom. The van der Waals surface area contributed by atoms with Crippen LogP contribution in [0.5, 0.6) is 0 Å². The standard InChI is InChI=1S/C26H35NO3/c1-18-13-22(27)16-26(29-18)30-25-17-28-19(2)23(14-20-9-5-3-6-10-20)24(25)15-21-11-7-4-8-12-21/h3-12,18-19,22-26H,13-17,27H2,1-2H3. The summed E-state index contributed by atoms with van der Waals surface area (Å²) in [7, 11) is 0. The molecule has 7 unspecified atom stereocenters. The van der Waals surface area contributed by atoms with Gasteiger partial charge in [-0.3, -0.25) is 0 Å². The summed E-state index contributed by atoms with van der Waals surface area (Å²) in [4.78, 5) is 0. The van der Waals surface area contributed by atoms with Crippen LogP contribution in [0.2, 0.25) is 0 Å². The van der Waals surface area contributed by atoms with Gasteiger partial charge in [-0.25, -0.2) is 0 Å². The van der Waals surface area contributed by atoms with Crippen molar-refractivity contribution in [2.45, 2.75) is 70.2 Å². The SMILES string of the molecule is CC1CC(N)CC(OC2COC(C)C(Cc3ccccc3)C2Cc2ccccc2)O1. The van der Waals surface area contributed by atoms with Gasteiger partial charge in [-0.15, -0.1) is 0 Å². The largest absolute Gasteiger partial charge is 0.375 e. The van der Waals surface area contributed by atoms with Crippen LogP contribution < -0.4 is 5.73 Å². The Morgan fingerprint density at radius 2 is 1.47 bits per heavy atom.